The highest BCUT2D eigenvalue weighted by molar-refractivity contribution is 7.89. The number of halogens is 2. The highest BCUT2D eigenvalue weighted by atomic mass is 35.5. The monoisotopic (exact) mass is 311 g/mol. The van der Waals surface area contributed by atoms with Crippen LogP contribution < -0.4 is 0 Å². The molecule has 0 aliphatic heterocycles. The zero-order valence-corrected chi connectivity index (χ0v) is 11.8. The third-order valence-electron chi connectivity index (χ3n) is 2.19. The van der Waals surface area contributed by atoms with Crippen LogP contribution in [-0.4, -0.2) is 36.6 Å². The van der Waals surface area contributed by atoms with E-state index >= 15 is 0 Å². The van der Waals surface area contributed by atoms with E-state index in [0.29, 0.717) is 15.6 Å². The van der Waals surface area contributed by atoms with Crippen molar-refractivity contribution in [3.63, 3.8) is 0 Å². The van der Waals surface area contributed by atoms with E-state index in [4.69, 9.17) is 28.3 Å². The molecule has 0 spiro atoms. The van der Waals surface area contributed by atoms with Crippen LogP contribution in [-0.2, 0) is 21.4 Å². The van der Waals surface area contributed by atoms with Gasteiger partial charge < -0.3 is 5.11 Å². The molecule has 0 aliphatic rings. The Balaban J connectivity index is 2.87. The van der Waals surface area contributed by atoms with Crippen molar-refractivity contribution in [2.45, 2.75) is 6.54 Å². The summed E-state index contributed by atoms with van der Waals surface area (Å²) in [6, 6.07) is 4.67. The van der Waals surface area contributed by atoms with Crippen LogP contribution in [0.1, 0.15) is 5.56 Å². The predicted octanol–water partition coefficient (Wildman–Crippen LogP) is 1.84. The molecule has 0 fully saturated rings. The van der Waals surface area contributed by atoms with Gasteiger partial charge >= 0.3 is 5.97 Å². The van der Waals surface area contributed by atoms with Crippen LogP contribution in [0.4, 0.5) is 0 Å². The van der Waals surface area contributed by atoms with E-state index in [2.05, 4.69) is 0 Å². The largest absolute Gasteiger partial charge is 0.480 e. The Bertz CT molecular complexity index is 559. The van der Waals surface area contributed by atoms with Gasteiger partial charge in [0.05, 0.1) is 0 Å². The third-order valence-corrected chi connectivity index (χ3v) is 4.47. The Hall–Kier alpha value is -0.820. The van der Waals surface area contributed by atoms with Crippen LogP contribution in [0.3, 0.4) is 0 Å². The van der Waals surface area contributed by atoms with Gasteiger partial charge in [-0.3, -0.25) is 4.79 Å². The van der Waals surface area contributed by atoms with Gasteiger partial charge in [0.15, 0.2) is 5.75 Å². The second-order valence-electron chi connectivity index (χ2n) is 3.64. The number of aliphatic carboxylic acids is 1. The molecule has 0 aliphatic carbocycles. The van der Waals surface area contributed by atoms with E-state index in [-0.39, 0.29) is 6.54 Å². The minimum Gasteiger partial charge on any atom is -0.480 e. The van der Waals surface area contributed by atoms with Crippen LogP contribution in [0.15, 0.2) is 18.2 Å². The summed E-state index contributed by atoms with van der Waals surface area (Å²) in [7, 11) is -2.55. The number of carboxylic acids is 1. The highest BCUT2D eigenvalue weighted by Crippen LogP contribution is 2.22. The molecule has 1 N–H and O–H groups in total. The molecule has 0 radical (unpaired) electrons. The minimum atomic E-state index is -3.84. The molecule has 1 aromatic carbocycles. The first kappa shape index (κ1) is 15.2. The predicted molar refractivity (Wildman–Crippen MR) is 69.4 cm³/mol. The first-order chi connectivity index (χ1) is 8.22. The molecule has 5 nitrogen and oxygen atoms in total. The summed E-state index contributed by atoms with van der Waals surface area (Å²) >= 11 is 11.6. The Labute approximate surface area is 115 Å². The van der Waals surface area contributed by atoms with Crippen molar-refractivity contribution in [2.75, 3.05) is 12.8 Å². The summed E-state index contributed by atoms with van der Waals surface area (Å²) in [6.45, 7) is -0.00832. The number of rotatable bonds is 5. The number of hydrogen-bond donors (Lipinski definition) is 1. The fourth-order valence-corrected chi connectivity index (χ4v) is 2.59. The summed E-state index contributed by atoms with van der Waals surface area (Å²) in [5, 5.41) is 9.28. The fourth-order valence-electron chi connectivity index (χ4n) is 1.25. The molecular weight excluding hydrogens is 301 g/mol. The number of carbonyl (C=O) groups is 1. The Morgan fingerprint density at radius 3 is 2.50 bits per heavy atom. The normalized spacial score (nSPS) is 11.8. The molecule has 0 atom stereocenters. The van der Waals surface area contributed by atoms with Gasteiger partial charge in [-0.15, -0.1) is 0 Å². The SMILES string of the molecule is CN(Cc1ccc(Cl)cc1Cl)S(=O)(=O)CC(=O)O. The number of hydrogen-bond acceptors (Lipinski definition) is 3. The fraction of sp³-hybridized carbons (Fsp3) is 0.300. The van der Waals surface area contributed by atoms with Crippen molar-refractivity contribution in [2.24, 2.45) is 0 Å². The van der Waals surface area contributed by atoms with Crippen LogP contribution in [0.25, 0.3) is 0 Å². The molecule has 18 heavy (non-hydrogen) atoms. The van der Waals surface area contributed by atoms with Gasteiger partial charge in [-0.25, -0.2) is 12.7 Å². The van der Waals surface area contributed by atoms with Gasteiger partial charge in [-0.1, -0.05) is 29.3 Å². The maximum atomic E-state index is 11.6. The molecule has 8 heteroatoms. The van der Waals surface area contributed by atoms with Gasteiger partial charge in [0, 0.05) is 23.6 Å². The number of nitrogens with zero attached hydrogens (tertiary/aromatic N) is 1. The van der Waals surface area contributed by atoms with Gasteiger partial charge in [0.1, 0.15) is 0 Å². The van der Waals surface area contributed by atoms with E-state index < -0.39 is 21.7 Å². The number of sulfonamides is 1. The van der Waals surface area contributed by atoms with Crippen LogP contribution >= 0.6 is 23.2 Å². The summed E-state index contributed by atoms with van der Waals surface area (Å²) in [5.41, 5.74) is 0.553. The minimum absolute atomic E-state index is 0.00832. The van der Waals surface area contributed by atoms with Crippen LogP contribution in [0.2, 0.25) is 10.0 Å². The van der Waals surface area contributed by atoms with E-state index in [1.165, 1.54) is 13.1 Å². The second-order valence-corrected chi connectivity index (χ2v) is 6.56. The highest BCUT2D eigenvalue weighted by Gasteiger charge is 2.22. The first-order valence-electron chi connectivity index (χ1n) is 4.82. The maximum absolute atomic E-state index is 11.6. The lowest BCUT2D eigenvalue weighted by Gasteiger charge is -2.16. The Morgan fingerprint density at radius 1 is 1.39 bits per heavy atom. The quantitative estimate of drug-likeness (QED) is 0.900. The standard InChI is InChI=1S/C10H11Cl2NO4S/c1-13(18(16,17)6-10(14)15)5-7-2-3-8(11)4-9(7)12/h2-4H,5-6H2,1H3,(H,14,15). The van der Waals surface area contributed by atoms with E-state index in [1.807, 2.05) is 0 Å². The van der Waals surface area contributed by atoms with Crippen LogP contribution in [0, 0.1) is 0 Å². The topological polar surface area (TPSA) is 74.7 Å². The third kappa shape index (κ3) is 4.13. The average molecular weight is 312 g/mol. The number of carboxylic acid groups (broad SMARTS) is 1. The van der Waals surface area contributed by atoms with Crippen LogP contribution in [0.5, 0.6) is 0 Å². The number of benzene rings is 1. The van der Waals surface area contributed by atoms with Crippen molar-refractivity contribution in [1.82, 2.24) is 4.31 Å². The molecule has 0 saturated heterocycles. The molecule has 1 rings (SSSR count). The Kier molecular flexibility index (Phi) is 4.98. The van der Waals surface area contributed by atoms with Crippen molar-refractivity contribution < 1.29 is 18.3 Å². The summed E-state index contributed by atoms with van der Waals surface area (Å²) in [6.07, 6.45) is 0. The van der Waals surface area contributed by atoms with Gasteiger partial charge in [0.25, 0.3) is 0 Å². The zero-order chi connectivity index (χ0) is 13.9. The molecule has 0 amide bonds. The second kappa shape index (κ2) is 5.88. The van der Waals surface area contributed by atoms with E-state index in [1.54, 1.807) is 12.1 Å². The molecule has 0 aromatic heterocycles. The smallest absolute Gasteiger partial charge is 0.320 e. The average Bonchev–Trinajstić information content (AvgIpc) is 2.20. The maximum Gasteiger partial charge on any atom is 0.320 e. The van der Waals surface area contributed by atoms with Gasteiger partial charge in [-0.2, -0.15) is 0 Å². The zero-order valence-electron chi connectivity index (χ0n) is 9.43. The van der Waals surface area contributed by atoms with E-state index in [9.17, 15) is 13.2 Å². The molecule has 0 unspecified atom stereocenters. The lowest BCUT2D eigenvalue weighted by molar-refractivity contribution is -0.134. The first-order valence-corrected chi connectivity index (χ1v) is 7.18. The van der Waals surface area contributed by atoms with Crippen molar-refractivity contribution in [1.29, 1.82) is 0 Å². The van der Waals surface area contributed by atoms with Crippen molar-refractivity contribution >= 4 is 39.2 Å². The Morgan fingerprint density at radius 2 is 2.00 bits per heavy atom. The van der Waals surface area contributed by atoms with Gasteiger partial charge in [0.2, 0.25) is 10.0 Å². The van der Waals surface area contributed by atoms with Crippen molar-refractivity contribution in [3.8, 4) is 0 Å². The molecule has 0 saturated carbocycles. The lowest BCUT2D eigenvalue weighted by atomic mass is 10.2. The summed E-state index contributed by atoms with van der Waals surface area (Å²) in [5.74, 6) is -2.35. The summed E-state index contributed by atoms with van der Waals surface area (Å²) < 4.78 is 24.1. The molecular formula is C10H11Cl2NO4S. The van der Waals surface area contributed by atoms with E-state index in [0.717, 1.165) is 4.31 Å². The van der Waals surface area contributed by atoms with Gasteiger partial charge in [-0.05, 0) is 17.7 Å². The lowest BCUT2D eigenvalue weighted by Crippen LogP contribution is -2.31. The molecule has 100 valence electrons. The molecule has 1 aromatic rings. The molecule has 0 heterocycles. The molecule has 0 bridgehead atoms. The van der Waals surface area contributed by atoms with Crippen molar-refractivity contribution in [3.05, 3.63) is 33.8 Å². The summed E-state index contributed by atoms with van der Waals surface area (Å²) in [4.78, 5) is 10.4.